The molecule has 0 aromatic carbocycles. The lowest BCUT2D eigenvalue weighted by Gasteiger charge is -2.26. The SMILES string of the molecule is CCCCCCOCCNC1CCC(C)CC1. The van der Waals surface area contributed by atoms with Crippen LogP contribution in [0.5, 0.6) is 0 Å². The maximum Gasteiger partial charge on any atom is 0.0590 e. The van der Waals surface area contributed by atoms with Gasteiger partial charge in [0.25, 0.3) is 0 Å². The Balaban J connectivity index is 1.81. The van der Waals surface area contributed by atoms with Gasteiger partial charge in [0, 0.05) is 19.2 Å². The third-order valence-electron chi connectivity index (χ3n) is 3.84. The highest BCUT2D eigenvalue weighted by molar-refractivity contribution is 4.74. The molecule has 17 heavy (non-hydrogen) atoms. The van der Waals surface area contributed by atoms with E-state index in [9.17, 15) is 0 Å². The van der Waals surface area contributed by atoms with Gasteiger partial charge >= 0.3 is 0 Å². The van der Waals surface area contributed by atoms with E-state index in [1.54, 1.807) is 0 Å². The van der Waals surface area contributed by atoms with Crippen molar-refractivity contribution in [2.24, 2.45) is 5.92 Å². The normalized spacial score (nSPS) is 25.1. The summed E-state index contributed by atoms with van der Waals surface area (Å²) >= 11 is 0. The molecular formula is C15H31NO. The Kier molecular flexibility index (Phi) is 8.72. The van der Waals surface area contributed by atoms with E-state index in [4.69, 9.17) is 4.74 Å². The monoisotopic (exact) mass is 241 g/mol. The van der Waals surface area contributed by atoms with Gasteiger partial charge in [-0.05, 0) is 38.0 Å². The van der Waals surface area contributed by atoms with E-state index in [1.165, 1.54) is 51.4 Å². The fourth-order valence-electron chi connectivity index (χ4n) is 2.53. The van der Waals surface area contributed by atoms with E-state index in [0.29, 0.717) is 0 Å². The highest BCUT2D eigenvalue weighted by Crippen LogP contribution is 2.23. The van der Waals surface area contributed by atoms with Crippen LogP contribution < -0.4 is 5.32 Å². The van der Waals surface area contributed by atoms with E-state index in [2.05, 4.69) is 19.2 Å². The predicted molar refractivity (Wildman–Crippen MR) is 74.4 cm³/mol. The van der Waals surface area contributed by atoms with Gasteiger partial charge in [-0.1, -0.05) is 33.1 Å². The molecule has 1 aliphatic carbocycles. The number of nitrogens with one attached hydrogen (secondary N) is 1. The summed E-state index contributed by atoms with van der Waals surface area (Å²) in [5, 5.41) is 3.62. The third-order valence-corrected chi connectivity index (χ3v) is 3.84. The minimum absolute atomic E-state index is 0.759. The molecule has 0 spiro atoms. The molecule has 1 rings (SSSR count). The van der Waals surface area contributed by atoms with Crippen molar-refractivity contribution in [1.29, 1.82) is 0 Å². The number of hydrogen-bond donors (Lipinski definition) is 1. The van der Waals surface area contributed by atoms with Gasteiger partial charge in [-0.2, -0.15) is 0 Å². The highest BCUT2D eigenvalue weighted by Gasteiger charge is 2.16. The molecule has 0 atom stereocenters. The molecule has 1 aliphatic rings. The van der Waals surface area contributed by atoms with Crippen LogP contribution in [0.1, 0.15) is 65.2 Å². The molecule has 0 radical (unpaired) electrons. The first kappa shape index (κ1) is 15.0. The Morgan fingerprint density at radius 2 is 1.76 bits per heavy atom. The molecule has 1 N–H and O–H groups in total. The zero-order chi connectivity index (χ0) is 12.3. The molecule has 2 heteroatoms. The largest absolute Gasteiger partial charge is 0.380 e. The molecule has 1 saturated carbocycles. The summed E-state index contributed by atoms with van der Waals surface area (Å²) in [7, 11) is 0. The fourth-order valence-corrected chi connectivity index (χ4v) is 2.53. The standard InChI is InChI=1S/C15H31NO/c1-3-4-5-6-12-17-13-11-16-15-9-7-14(2)8-10-15/h14-16H,3-13H2,1-2H3. The summed E-state index contributed by atoms with van der Waals surface area (Å²) in [6, 6.07) is 0.759. The van der Waals surface area contributed by atoms with Gasteiger partial charge in [0.15, 0.2) is 0 Å². The van der Waals surface area contributed by atoms with Crippen molar-refractivity contribution in [1.82, 2.24) is 5.32 Å². The average molecular weight is 241 g/mol. The smallest absolute Gasteiger partial charge is 0.0590 e. The Labute approximate surface area is 108 Å². The summed E-state index contributed by atoms with van der Waals surface area (Å²) in [5.41, 5.74) is 0. The Morgan fingerprint density at radius 1 is 1.00 bits per heavy atom. The van der Waals surface area contributed by atoms with Crippen LogP contribution in [0.4, 0.5) is 0 Å². The number of ether oxygens (including phenoxy) is 1. The fraction of sp³-hybridized carbons (Fsp3) is 1.00. The molecule has 0 saturated heterocycles. The van der Waals surface area contributed by atoms with Gasteiger partial charge in [0.05, 0.1) is 6.61 Å². The molecular weight excluding hydrogens is 210 g/mol. The zero-order valence-corrected chi connectivity index (χ0v) is 11.8. The summed E-state index contributed by atoms with van der Waals surface area (Å²) in [6.07, 6.45) is 10.7. The summed E-state index contributed by atoms with van der Waals surface area (Å²) < 4.78 is 5.63. The first-order valence-corrected chi connectivity index (χ1v) is 7.64. The summed E-state index contributed by atoms with van der Waals surface area (Å²) in [4.78, 5) is 0. The maximum absolute atomic E-state index is 5.63. The molecule has 0 aromatic heterocycles. The van der Waals surface area contributed by atoms with Gasteiger partial charge in [0.2, 0.25) is 0 Å². The first-order chi connectivity index (χ1) is 8.33. The molecule has 0 amide bonds. The second kappa shape index (κ2) is 9.90. The van der Waals surface area contributed by atoms with E-state index < -0.39 is 0 Å². The van der Waals surface area contributed by atoms with E-state index >= 15 is 0 Å². The average Bonchev–Trinajstić information content (AvgIpc) is 2.35. The van der Waals surface area contributed by atoms with Gasteiger partial charge in [0.1, 0.15) is 0 Å². The van der Waals surface area contributed by atoms with Crippen LogP contribution in [0.2, 0.25) is 0 Å². The predicted octanol–water partition coefficient (Wildman–Crippen LogP) is 3.75. The van der Waals surface area contributed by atoms with Crippen LogP contribution >= 0.6 is 0 Å². The summed E-state index contributed by atoms with van der Waals surface area (Å²) in [5.74, 6) is 0.947. The number of hydrogen-bond acceptors (Lipinski definition) is 2. The van der Waals surface area contributed by atoms with Gasteiger partial charge in [-0.25, -0.2) is 0 Å². The Hall–Kier alpha value is -0.0800. The molecule has 2 nitrogen and oxygen atoms in total. The quantitative estimate of drug-likeness (QED) is 0.621. The van der Waals surface area contributed by atoms with Crippen LogP contribution in [-0.2, 0) is 4.74 Å². The summed E-state index contributed by atoms with van der Waals surface area (Å²) in [6.45, 7) is 7.49. The van der Waals surface area contributed by atoms with Crippen molar-refractivity contribution in [3.63, 3.8) is 0 Å². The minimum atomic E-state index is 0.759. The second-order valence-corrected chi connectivity index (χ2v) is 5.58. The van der Waals surface area contributed by atoms with Crippen LogP contribution in [-0.4, -0.2) is 25.8 Å². The van der Waals surface area contributed by atoms with Crippen molar-refractivity contribution in [3.05, 3.63) is 0 Å². The highest BCUT2D eigenvalue weighted by atomic mass is 16.5. The zero-order valence-electron chi connectivity index (χ0n) is 11.8. The van der Waals surface area contributed by atoms with Crippen molar-refractivity contribution in [2.45, 2.75) is 71.3 Å². The van der Waals surface area contributed by atoms with Crippen molar-refractivity contribution in [3.8, 4) is 0 Å². The van der Waals surface area contributed by atoms with Crippen LogP contribution in [0.15, 0.2) is 0 Å². The van der Waals surface area contributed by atoms with Crippen LogP contribution in [0.25, 0.3) is 0 Å². The second-order valence-electron chi connectivity index (χ2n) is 5.58. The van der Waals surface area contributed by atoms with Crippen molar-refractivity contribution >= 4 is 0 Å². The van der Waals surface area contributed by atoms with Gasteiger partial charge < -0.3 is 10.1 Å². The Bertz CT molecular complexity index is 164. The lowest BCUT2D eigenvalue weighted by atomic mass is 9.87. The van der Waals surface area contributed by atoms with Crippen molar-refractivity contribution in [2.75, 3.05) is 19.8 Å². The molecule has 0 aromatic rings. The van der Waals surface area contributed by atoms with Gasteiger partial charge in [-0.15, -0.1) is 0 Å². The Morgan fingerprint density at radius 3 is 2.47 bits per heavy atom. The molecule has 0 heterocycles. The third kappa shape index (κ3) is 7.77. The first-order valence-electron chi connectivity index (χ1n) is 7.64. The van der Waals surface area contributed by atoms with Crippen molar-refractivity contribution < 1.29 is 4.74 Å². The minimum Gasteiger partial charge on any atom is -0.380 e. The molecule has 102 valence electrons. The number of rotatable bonds is 9. The topological polar surface area (TPSA) is 21.3 Å². The van der Waals surface area contributed by atoms with E-state index in [-0.39, 0.29) is 0 Å². The maximum atomic E-state index is 5.63. The lowest BCUT2D eigenvalue weighted by molar-refractivity contribution is 0.127. The van der Waals surface area contributed by atoms with Gasteiger partial charge in [-0.3, -0.25) is 0 Å². The molecule has 0 bridgehead atoms. The molecule has 1 fully saturated rings. The van der Waals surface area contributed by atoms with Crippen LogP contribution in [0.3, 0.4) is 0 Å². The van der Waals surface area contributed by atoms with E-state index in [1.807, 2.05) is 0 Å². The molecule has 0 unspecified atom stereocenters. The number of unbranched alkanes of at least 4 members (excludes halogenated alkanes) is 3. The van der Waals surface area contributed by atoms with E-state index in [0.717, 1.165) is 31.7 Å². The van der Waals surface area contributed by atoms with Crippen LogP contribution in [0, 0.1) is 5.92 Å². The lowest BCUT2D eigenvalue weighted by Crippen LogP contribution is -2.35. The molecule has 0 aliphatic heterocycles.